The predicted octanol–water partition coefficient (Wildman–Crippen LogP) is 4.46. The summed E-state index contributed by atoms with van der Waals surface area (Å²) >= 11 is 3.47. The normalized spacial score (nSPS) is 24.4. The number of fused-ring (bicyclic) bond motifs is 6. The molecule has 38 heavy (non-hydrogen) atoms. The van der Waals surface area contributed by atoms with Crippen molar-refractivity contribution in [2.24, 2.45) is 11.8 Å². The molecule has 2 saturated heterocycles. The van der Waals surface area contributed by atoms with Gasteiger partial charge in [-0.1, -0.05) is 30.4 Å². The van der Waals surface area contributed by atoms with Gasteiger partial charge in [0.05, 0.1) is 35.1 Å². The molecule has 0 spiro atoms. The maximum absolute atomic E-state index is 14.2. The molecule has 0 aliphatic carbocycles. The number of ether oxygens (including phenoxy) is 3. The van der Waals surface area contributed by atoms with E-state index in [1.54, 1.807) is 43.5 Å². The van der Waals surface area contributed by atoms with E-state index >= 15 is 0 Å². The highest BCUT2D eigenvalue weighted by atomic mass is 79.9. The van der Waals surface area contributed by atoms with Crippen LogP contribution in [0.25, 0.3) is 6.08 Å². The predicted molar refractivity (Wildman–Crippen MR) is 143 cm³/mol. The Morgan fingerprint density at radius 1 is 0.974 bits per heavy atom. The first kappa shape index (κ1) is 23.0. The molecule has 4 heterocycles. The lowest BCUT2D eigenvalue weighted by Crippen LogP contribution is -2.48. The van der Waals surface area contributed by atoms with Crippen molar-refractivity contribution in [2.45, 2.75) is 12.1 Å². The molecular weight excluding hydrogens is 552 g/mol. The topological polar surface area (TPSA) is 85.4 Å². The number of hydrogen-bond acceptors (Lipinski definition) is 7. The van der Waals surface area contributed by atoms with Crippen LogP contribution < -0.4 is 24.0 Å². The Kier molecular flexibility index (Phi) is 5.13. The molecule has 4 atom stereocenters. The van der Waals surface area contributed by atoms with Crippen molar-refractivity contribution in [1.82, 2.24) is 0 Å². The Morgan fingerprint density at radius 3 is 2.58 bits per heavy atom. The molecule has 8 nitrogen and oxygen atoms in total. The number of methoxy groups -OCH3 is 1. The number of rotatable bonds is 4. The van der Waals surface area contributed by atoms with E-state index in [2.05, 4.69) is 15.9 Å². The number of carbonyl (C=O) groups is 3. The van der Waals surface area contributed by atoms with Crippen molar-refractivity contribution < 1.29 is 28.6 Å². The number of anilines is 2. The van der Waals surface area contributed by atoms with Crippen LogP contribution in [0.3, 0.4) is 0 Å². The Labute approximate surface area is 226 Å². The lowest BCUT2D eigenvalue weighted by molar-refractivity contribution is -0.122. The maximum atomic E-state index is 14.2. The van der Waals surface area contributed by atoms with Gasteiger partial charge in [-0.3, -0.25) is 14.4 Å². The molecule has 2 amide bonds. The van der Waals surface area contributed by atoms with Crippen molar-refractivity contribution in [1.29, 1.82) is 0 Å². The van der Waals surface area contributed by atoms with Crippen LogP contribution in [-0.2, 0) is 9.59 Å². The number of amides is 2. The van der Waals surface area contributed by atoms with E-state index < -0.39 is 29.8 Å². The average Bonchev–Trinajstić information content (AvgIpc) is 3.61. The summed E-state index contributed by atoms with van der Waals surface area (Å²) in [6.45, 7) is 0.0845. The zero-order valence-electron chi connectivity index (χ0n) is 20.2. The van der Waals surface area contributed by atoms with Gasteiger partial charge in [0, 0.05) is 17.3 Å². The number of benzene rings is 3. The molecular formula is C29H21BrN2O6. The molecule has 4 unspecified atom stereocenters. The van der Waals surface area contributed by atoms with Gasteiger partial charge in [-0.2, -0.15) is 0 Å². The Morgan fingerprint density at radius 2 is 1.76 bits per heavy atom. The molecule has 2 fully saturated rings. The van der Waals surface area contributed by atoms with Crippen LogP contribution in [0.1, 0.15) is 15.9 Å². The first-order chi connectivity index (χ1) is 18.5. The minimum atomic E-state index is -0.869. The Hall–Kier alpha value is -4.11. The number of halogens is 1. The van der Waals surface area contributed by atoms with Gasteiger partial charge in [0.15, 0.2) is 17.3 Å². The number of imide groups is 1. The third kappa shape index (κ3) is 3.18. The highest BCUT2D eigenvalue weighted by molar-refractivity contribution is 9.10. The summed E-state index contributed by atoms with van der Waals surface area (Å²) < 4.78 is 16.8. The zero-order valence-corrected chi connectivity index (χ0v) is 21.8. The molecule has 0 aromatic heterocycles. The van der Waals surface area contributed by atoms with Crippen LogP contribution in [0.15, 0.2) is 71.2 Å². The summed E-state index contributed by atoms with van der Waals surface area (Å²) in [5, 5.41) is 0. The van der Waals surface area contributed by atoms with Gasteiger partial charge in [-0.25, -0.2) is 4.90 Å². The summed E-state index contributed by atoms with van der Waals surface area (Å²) in [4.78, 5) is 45.4. The van der Waals surface area contributed by atoms with E-state index in [-0.39, 0.29) is 18.5 Å². The van der Waals surface area contributed by atoms with Gasteiger partial charge in [-0.05, 0) is 57.9 Å². The lowest BCUT2D eigenvalue weighted by atomic mass is 9.86. The third-order valence-corrected chi connectivity index (χ3v) is 8.35. The summed E-state index contributed by atoms with van der Waals surface area (Å²) in [5.41, 5.74) is 2.60. The number of nitrogens with zero attached hydrogens (tertiary/aromatic N) is 2. The summed E-state index contributed by atoms with van der Waals surface area (Å²) in [7, 11) is 1.55. The average molecular weight is 573 g/mol. The molecule has 7 rings (SSSR count). The molecule has 0 bridgehead atoms. The van der Waals surface area contributed by atoms with Crippen molar-refractivity contribution in [3.05, 3.63) is 82.3 Å². The van der Waals surface area contributed by atoms with Gasteiger partial charge < -0.3 is 19.1 Å². The highest BCUT2D eigenvalue weighted by Crippen LogP contribution is 2.50. The second-order valence-electron chi connectivity index (χ2n) is 9.58. The lowest BCUT2D eigenvalue weighted by Gasteiger charge is -2.36. The second-order valence-corrected chi connectivity index (χ2v) is 10.4. The van der Waals surface area contributed by atoms with Gasteiger partial charge >= 0.3 is 0 Å². The van der Waals surface area contributed by atoms with E-state index in [9.17, 15) is 14.4 Å². The van der Waals surface area contributed by atoms with Gasteiger partial charge in [0.2, 0.25) is 18.6 Å². The number of hydrogen-bond donors (Lipinski definition) is 0. The largest absolute Gasteiger partial charge is 0.496 e. The first-order valence-electron chi connectivity index (χ1n) is 12.2. The fraction of sp³-hybridized carbons (Fsp3) is 0.207. The second kappa shape index (κ2) is 8.46. The van der Waals surface area contributed by atoms with E-state index in [1.165, 1.54) is 4.90 Å². The van der Waals surface area contributed by atoms with Gasteiger partial charge in [-0.15, -0.1) is 0 Å². The van der Waals surface area contributed by atoms with Crippen LogP contribution in [0.5, 0.6) is 17.2 Å². The van der Waals surface area contributed by atoms with E-state index in [0.717, 1.165) is 11.3 Å². The monoisotopic (exact) mass is 572 g/mol. The molecule has 3 aromatic carbocycles. The molecule has 0 saturated carbocycles. The molecule has 3 aromatic rings. The number of ketones is 1. The summed E-state index contributed by atoms with van der Waals surface area (Å²) in [6, 6.07) is 16.5. The number of para-hydroxylation sites is 1. The van der Waals surface area contributed by atoms with Crippen molar-refractivity contribution in [3.63, 3.8) is 0 Å². The quantitative estimate of drug-likeness (QED) is 0.337. The Balaban J connectivity index is 1.35. The van der Waals surface area contributed by atoms with E-state index in [0.29, 0.717) is 33.0 Å². The first-order valence-corrected chi connectivity index (χ1v) is 13.0. The molecule has 4 aliphatic heterocycles. The van der Waals surface area contributed by atoms with Crippen LogP contribution in [0, 0.1) is 11.8 Å². The molecule has 9 heteroatoms. The minimum absolute atomic E-state index is 0.0845. The third-order valence-electron chi connectivity index (χ3n) is 7.73. The standard InChI is InChI=1S/C29H21BrN2O6/c1-36-21-10-7-16(12-18(21)30)27(33)26-25-24(20-9-6-15-4-2-3-5-19(15)32(20)26)28(34)31(29(25)35)17-8-11-22-23(13-17)38-14-37-22/h2-13,20,24-26H,14H2,1H3. The maximum Gasteiger partial charge on any atom is 0.240 e. The van der Waals surface area contributed by atoms with Gasteiger partial charge in [0.25, 0.3) is 0 Å². The number of carbonyl (C=O) groups excluding carboxylic acids is 3. The zero-order chi connectivity index (χ0) is 26.1. The van der Waals surface area contributed by atoms with Crippen LogP contribution in [-0.4, -0.2) is 43.6 Å². The van der Waals surface area contributed by atoms with Crippen molar-refractivity contribution >= 4 is 51.0 Å². The number of Topliss-reactive ketones (excluding diaryl/α,β-unsaturated/α-hetero) is 1. The summed E-state index contributed by atoms with van der Waals surface area (Å²) in [6.07, 6.45) is 3.90. The molecule has 4 aliphatic rings. The van der Waals surface area contributed by atoms with Gasteiger partial charge in [0.1, 0.15) is 11.8 Å². The smallest absolute Gasteiger partial charge is 0.240 e. The minimum Gasteiger partial charge on any atom is -0.496 e. The molecule has 0 radical (unpaired) electrons. The SMILES string of the molecule is COc1ccc(C(=O)C2C3C(=O)N(c4ccc5c(c4)OCO5)C(=O)C3C3C=Cc4ccccc4N32)cc1Br. The Bertz CT molecular complexity index is 1570. The van der Waals surface area contributed by atoms with Crippen LogP contribution in [0.2, 0.25) is 0 Å². The van der Waals surface area contributed by atoms with Crippen LogP contribution >= 0.6 is 15.9 Å². The molecule has 0 N–H and O–H groups in total. The summed E-state index contributed by atoms with van der Waals surface area (Å²) in [5.74, 6) is -0.904. The van der Waals surface area contributed by atoms with E-state index in [1.807, 2.05) is 41.3 Å². The molecule has 190 valence electrons. The fourth-order valence-corrected chi connectivity index (χ4v) is 6.62. The van der Waals surface area contributed by atoms with E-state index in [4.69, 9.17) is 14.2 Å². The fourth-order valence-electron chi connectivity index (χ4n) is 6.08. The van der Waals surface area contributed by atoms with Crippen molar-refractivity contribution in [2.75, 3.05) is 23.7 Å². The van der Waals surface area contributed by atoms with Crippen LogP contribution in [0.4, 0.5) is 11.4 Å². The highest BCUT2D eigenvalue weighted by Gasteiger charge is 2.64. The van der Waals surface area contributed by atoms with Crippen molar-refractivity contribution in [3.8, 4) is 17.2 Å².